The number of hydrogen-bond acceptors (Lipinski definition) is 5. The highest BCUT2D eigenvalue weighted by molar-refractivity contribution is 6.00. The topological polar surface area (TPSA) is 64.6 Å². The summed E-state index contributed by atoms with van der Waals surface area (Å²) in [6.45, 7) is 13.2. The Kier molecular flexibility index (Phi) is 37.3. The number of carbonyl (C=O) groups excluding carboxylic acids is 2. The smallest absolute Gasteiger partial charge is 0.336 e. The van der Waals surface area contributed by atoms with Crippen LogP contribution >= 0.6 is 0 Å². The summed E-state index contributed by atoms with van der Waals surface area (Å²) in [6.07, 6.45) is 33.9. The Morgan fingerprint density at radius 1 is 0.453 bits per heavy atom. The molecule has 0 bridgehead atoms. The summed E-state index contributed by atoms with van der Waals surface area (Å²) in [7, 11) is 9.16. The van der Waals surface area contributed by atoms with Gasteiger partial charge in [-0.15, -0.1) is 0 Å². The van der Waals surface area contributed by atoms with E-state index in [1.54, 1.807) is 0 Å². The van der Waals surface area contributed by atoms with Crippen LogP contribution in [-0.2, 0) is 19.1 Å². The van der Waals surface area contributed by atoms with Crippen molar-refractivity contribution >= 4 is 11.9 Å². The largest absolute Gasteiger partial charge is 1.00 e. The number of ether oxygens (including phenoxy) is 2. The summed E-state index contributed by atoms with van der Waals surface area (Å²) >= 11 is 0. The van der Waals surface area contributed by atoms with E-state index in [0.29, 0.717) is 37.4 Å². The van der Waals surface area contributed by atoms with Crippen molar-refractivity contribution in [2.75, 3.05) is 67.6 Å². The van der Waals surface area contributed by atoms with Crippen molar-refractivity contribution < 1.29 is 62.0 Å². The highest BCUT2D eigenvalue weighted by Gasteiger charge is 2.43. The van der Waals surface area contributed by atoms with Gasteiger partial charge in [0.25, 0.3) is 0 Å². The molecule has 0 aromatic heterocycles. The van der Waals surface area contributed by atoms with E-state index in [1.165, 1.54) is 141 Å². The average Bonchev–Trinajstić information content (AvgIpc) is 3.24. The predicted octanol–water partition coefficient (Wildman–Crippen LogP) is 8.13. The molecule has 7 nitrogen and oxygen atoms in total. The number of unbranched alkanes of at least 4 members (excludes halogenated alkanes) is 24. The van der Waals surface area contributed by atoms with Crippen LogP contribution in [0.2, 0.25) is 0 Å². The van der Waals surface area contributed by atoms with Gasteiger partial charge >= 0.3 is 11.9 Å². The number of hydrogen-bond donors (Lipinski definition) is 1. The van der Waals surface area contributed by atoms with Crippen LogP contribution in [-0.4, -0.2) is 88.5 Å². The van der Waals surface area contributed by atoms with Gasteiger partial charge in [0.15, 0.2) is 0 Å². The van der Waals surface area contributed by atoms with E-state index < -0.39 is 5.92 Å². The third-order valence-electron chi connectivity index (χ3n) is 13.0. The fourth-order valence-electron chi connectivity index (χ4n) is 9.13. The molecular weight excluding hydrogens is 926 g/mol. The van der Waals surface area contributed by atoms with Crippen molar-refractivity contribution in [1.82, 2.24) is 5.32 Å². The quantitative estimate of drug-likeness (QED) is 0.0411. The second-order valence-electron chi connectivity index (χ2n) is 20.1. The molecule has 1 aliphatic heterocycles. The number of carbonyl (C=O) groups is 2. The molecular formula is C55H99Br2N3O4. The van der Waals surface area contributed by atoms with Gasteiger partial charge in [0, 0.05) is 0 Å². The molecule has 0 saturated carbocycles. The minimum Gasteiger partial charge on any atom is -1.00 e. The second-order valence-corrected chi connectivity index (χ2v) is 20.1. The molecule has 0 fully saturated rings. The molecule has 1 N–H and O–H groups in total. The van der Waals surface area contributed by atoms with Gasteiger partial charge in [-0.2, -0.15) is 0 Å². The molecule has 2 rings (SSSR count). The van der Waals surface area contributed by atoms with Crippen LogP contribution in [0.5, 0.6) is 0 Å². The molecule has 1 aromatic rings. The third kappa shape index (κ3) is 27.2. The molecule has 0 saturated heterocycles. The summed E-state index contributed by atoms with van der Waals surface area (Å²) in [6, 6.07) is 10.2. The van der Waals surface area contributed by atoms with Crippen molar-refractivity contribution in [3.05, 3.63) is 58.4 Å². The van der Waals surface area contributed by atoms with E-state index in [-0.39, 0.29) is 45.9 Å². The number of esters is 2. The van der Waals surface area contributed by atoms with Gasteiger partial charge in [0.1, 0.15) is 13.1 Å². The van der Waals surface area contributed by atoms with Crippen molar-refractivity contribution in [2.45, 2.75) is 213 Å². The fourth-order valence-corrected chi connectivity index (χ4v) is 9.13. The maximum Gasteiger partial charge on any atom is 0.336 e. The van der Waals surface area contributed by atoms with Crippen molar-refractivity contribution in [3.63, 3.8) is 0 Å². The zero-order valence-corrected chi connectivity index (χ0v) is 46.0. The number of rotatable bonds is 39. The highest BCUT2D eigenvalue weighted by atomic mass is 79.9. The first kappa shape index (κ1) is 62.3. The molecule has 0 unspecified atom stereocenters. The number of nitrogens with one attached hydrogen (secondary N) is 1. The van der Waals surface area contributed by atoms with E-state index in [1.807, 2.05) is 18.2 Å². The molecule has 0 aliphatic carbocycles. The number of likely N-dealkylation sites (N-methyl/N-ethyl adjacent to an activating group) is 2. The van der Waals surface area contributed by atoms with Gasteiger partial charge in [-0.3, -0.25) is 0 Å². The van der Waals surface area contributed by atoms with Crippen LogP contribution in [0.1, 0.15) is 219 Å². The first-order valence-corrected chi connectivity index (χ1v) is 26.3. The van der Waals surface area contributed by atoms with Crippen molar-refractivity contribution in [1.29, 1.82) is 0 Å². The number of quaternary nitrogens is 2. The van der Waals surface area contributed by atoms with Crippen molar-refractivity contribution in [3.8, 4) is 0 Å². The molecule has 1 aliphatic rings. The lowest BCUT2D eigenvalue weighted by molar-refractivity contribution is -0.887. The van der Waals surface area contributed by atoms with E-state index in [9.17, 15) is 9.59 Å². The standard InChI is InChI=1S/C55H98N3O4.2BrH/c1-9-13-17-21-25-27-31-38-44-61-54(59)52-49(46-57(5,6)42-36-29-23-19-15-11-3)56-50(47-58(7,8)43-37-30-24-20-16-12-4)53(51(52)48-40-34-33-35-41-48)55(60)62-45-39-32-28-26-22-18-14-10-2;;/h33-35,40-41,51H,9-32,36-39,42-47H2,1-8H3;2*1H/q+1;;/p-1. The number of nitrogens with zero attached hydrogens (tertiary/aromatic N) is 2. The number of halogens is 2. The summed E-state index contributed by atoms with van der Waals surface area (Å²) in [5.74, 6) is -1.20. The third-order valence-corrected chi connectivity index (χ3v) is 13.0. The Balaban J connectivity index is 0.0000198. The fraction of sp³-hybridized carbons (Fsp3) is 0.782. The molecule has 64 heavy (non-hydrogen) atoms. The first-order valence-electron chi connectivity index (χ1n) is 26.3. The van der Waals surface area contributed by atoms with Crippen LogP contribution in [0.15, 0.2) is 52.9 Å². The van der Waals surface area contributed by atoms with Crippen LogP contribution in [0.3, 0.4) is 0 Å². The zero-order chi connectivity index (χ0) is 45.3. The summed E-state index contributed by atoms with van der Waals surface area (Å²) in [5.41, 5.74) is 3.88. The summed E-state index contributed by atoms with van der Waals surface area (Å²) in [4.78, 5) is 29.6. The van der Waals surface area contributed by atoms with Gasteiger partial charge in [0.05, 0.1) is 83.0 Å². The lowest BCUT2D eigenvalue weighted by atomic mass is 9.79. The van der Waals surface area contributed by atoms with Gasteiger partial charge in [0.2, 0.25) is 0 Å². The maximum absolute atomic E-state index is 14.8. The summed E-state index contributed by atoms with van der Waals surface area (Å²) in [5, 5.41) is 3.86. The van der Waals surface area contributed by atoms with Gasteiger partial charge < -0.3 is 57.7 Å². The highest BCUT2D eigenvalue weighted by Crippen LogP contribution is 2.40. The monoisotopic (exact) mass is 1020 g/mol. The molecule has 1 heterocycles. The Morgan fingerprint density at radius 2 is 0.750 bits per heavy atom. The van der Waals surface area contributed by atoms with Crippen LogP contribution in [0.25, 0.3) is 0 Å². The molecule has 0 atom stereocenters. The normalized spacial score (nSPS) is 13.4. The average molecular weight is 1030 g/mol. The molecule has 0 spiro atoms. The second kappa shape index (κ2) is 38.3. The minimum absolute atomic E-state index is 0. The van der Waals surface area contributed by atoms with Gasteiger partial charge in [-0.25, -0.2) is 9.59 Å². The zero-order valence-electron chi connectivity index (χ0n) is 42.8. The van der Waals surface area contributed by atoms with Crippen molar-refractivity contribution in [2.24, 2.45) is 0 Å². The minimum atomic E-state index is -0.581. The molecule has 0 amide bonds. The van der Waals surface area contributed by atoms with Crippen LogP contribution < -0.4 is 39.3 Å². The molecule has 372 valence electrons. The van der Waals surface area contributed by atoms with Crippen LogP contribution in [0, 0.1) is 0 Å². The molecule has 1 aromatic carbocycles. The van der Waals surface area contributed by atoms with Crippen LogP contribution in [0.4, 0.5) is 0 Å². The first-order chi connectivity index (χ1) is 30.0. The Labute approximate surface area is 416 Å². The molecule has 9 heteroatoms. The Morgan fingerprint density at radius 3 is 1.08 bits per heavy atom. The predicted molar refractivity (Wildman–Crippen MR) is 264 cm³/mol. The van der Waals surface area contributed by atoms with E-state index in [4.69, 9.17) is 9.47 Å². The van der Waals surface area contributed by atoms with E-state index in [2.05, 4.69) is 73.3 Å². The number of benzene rings is 1. The Hall–Kier alpha value is -1.68. The Bertz CT molecular complexity index is 1310. The van der Waals surface area contributed by atoms with E-state index >= 15 is 0 Å². The summed E-state index contributed by atoms with van der Waals surface area (Å²) < 4.78 is 14.0. The van der Waals surface area contributed by atoms with Gasteiger partial charge in [-0.05, 0) is 44.1 Å². The number of dihydropyridines is 1. The van der Waals surface area contributed by atoms with E-state index in [0.717, 1.165) is 77.5 Å². The lowest BCUT2D eigenvalue weighted by Crippen LogP contribution is -3.00. The lowest BCUT2D eigenvalue weighted by Gasteiger charge is -2.39. The van der Waals surface area contributed by atoms with Gasteiger partial charge in [-0.1, -0.05) is 199 Å². The molecule has 0 radical (unpaired) electrons. The maximum atomic E-state index is 14.8. The SMILES string of the molecule is CCCCCCCCCCOC(=O)C1=C(C[N+](C)(C)CCCCCCCC)NC(C[N+](C)(C)CCCCCCCC)=C(C(=O)OCCCCCCCCCC)C1c1ccccc1.[Br-].[Br-].